The normalized spacial score (nSPS) is 14.5. The number of rotatable bonds is 10. The van der Waals surface area contributed by atoms with Crippen LogP contribution in [-0.4, -0.2) is 42.7 Å². The van der Waals surface area contributed by atoms with Crippen molar-refractivity contribution in [1.29, 1.82) is 0 Å². The van der Waals surface area contributed by atoms with E-state index in [4.69, 9.17) is 4.74 Å². The van der Waals surface area contributed by atoms with Crippen LogP contribution in [0.1, 0.15) is 29.9 Å². The van der Waals surface area contributed by atoms with Crippen molar-refractivity contribution in [3.63, 3.8) is 0 Å². The number of ether oxygens (including phenoxy) is 1. The van der Waals surface area contributed by atoms with Crippen LogP contribution < -0.4 is 10.1 Å². The molecule has 2 N–H and O–H groups in total. The molecule has 0 saturated heterocycles. The Balaban J connectivity index is 1.35. The van der Waals surface area contributed by atoms with Gasteiger partial charge in [-0.15, -0.1) is 0 Å². The maximum Gasteiger partial charge on any atom is 0.303 e. The second-order valence-electron chi connectivity index (χ2n) is 8.46. The van der Waals surface area contributed by atoms with Crippen molar-refractivity contribution in [1.82, 2.24) is 0 Å². The third-order valence-corrected chi connectivity index (χ3v) is 8.53. The predicted molar refractivity (Wildman–Crippen MR) is 144 cm³/mol. The molecule has 7 nitrogen and oxygen atoms in total. The molecule has 0 bridgehead atoms. The molecule has 4 rings (SSSR count). The average Bonchev–Trinajstić information content (AvgIpc) is 2.89. The summed E-state index contributed by atoms with van der Waals surface area (Å²) in [4.78, 5) is 15.9. The van der Waals surface area contributed by atoms with Crippen molar-refractivity contribution in [3.05, 3.63) is 90.0 Å². The van der Waals surface area contributed by atoms with E-state index >= 15 is 0 Å². The molecule has 1 atom stereocenters. The Labute approximate surface area is 215 Å². The highest BCUT2D eigenvalue weighted by Gasteiger charge is 2.25. The van der Waals surface area contributed by atoms with E-state index in [1.165, 1.54) is 12.1 Å². The molecule has 1 heterocycles. The van der Waals surface area contributed by atoms with Crippen LogP contribution in [0.4, 0.5) is 5.69 Å². The summed E-state index contributed by atoms with van der Waals surface area (Å²) in [6.07, 6.45) is 0.851. The van der Waals surface area contributed by atoms with Crippen LogP contribution in [0.5, 0.6) is 5.75 Å². The maximum atomic E-state index is 13.0. The first kappa shape index (κ1) is 25.8. The molecule has 0 aromatic heterocycles. The zero-order chi connectivity index (χ0) is 25.4. The fourth-order valence-electron chi connectivity index (χ4n) is 3.82. The highest BCUT2D eigenvalue weighted by molar-refractivity contribution is 8.14. The Morgan fingerprint density at radius 2 is 1.75 bits per heavy atom. The van der Waals surface area contributed by atoms with Gasteiger partial charge in [0.05, 0.1) is 17.1 Å². The molecule has 0 saturated carbocycles. The number of benzene rings is 3. The van der Waals surface area contributed by atoms with Crippen LogP contribution in [0, 0.1) is 0 Å². The van der Waals surface area contributed by atoms with Crippen molar-refractivity contribution in [2.75, 3.05) is 23.4 Å². The first-order valence-electron chi connectivity index (χ1n) is 11.6. The minimum absolute atomic E-state index is 0.139. The summed E-state index contributed by atoms with van der Waals surface area (Å²) >= 11 is 1.72. The molecule has 3 aromatic rings. The molecular weight excluding hydrogens is 496 g/mol. The van der Waals surface area contributed by atoms with Gasteiger partial charge >= 0.3 is 5.97 Å². The molecule has 0 amide bonds. The van der Waals surface area contributed by atoms with Gasteiger partial charge in [-0.1, -0.05) is 54.2 Å². The minimum Gasteiger partial charge on any atom is -0.489 e. The number of carboxylic acids is 1. The molecule has 36 heavy (non-hydrogen) atoms. The number of anilines is 1. The number of carboxylic acid groups (broad SMARTS) is 1. The van der Waals surface area contributed by atoms with Crippen LogP contribution in [0.25, 0.3) is 0 Å². The summed E-state index contributed by atoms with van der Waals surface area (Å²) in [5.74, 6) is -0.323. The lowest BCUT2D eigenvalue weighted by Crippen LogP contribution is -2.18. The number of hydrogen-bond donors (Lipinski definition) is 2. The molecule has 3 aromatic carbocycles. The molecule has 0 spiro atoms. The van der Waals surface area contributed by atoms with Crippen molar-refractivity contribution in [2.24, 2.45) is 4.99 Å². The van der Waals surface area contributed by atoms with E-state index < -0.39 is 21.7 Å². The largest absolute Gasteiger partial charge is 0.489 e. The number of nitrogens with one attached hydrogen (secondary N) is 1. The molecule has 1 unspecified atom stereocenters. The SMILES string of the molecule is O=C(O)CC(CS(=O)(=O)c1ccc(OCc2ccc(NC3=NCCCS3)cc2)cc1)c1ccccc1. The first-order chi connectivity index (χ1) is 17.4. The molecule has 0 fully saturated rings. The predicted octanol–water partition coefficient (Wildman–Crippen LogP) is 5.20. The van der Waals surface area contributed by atoms with Crippen LogP contribution in [0.15, 0.2) is 88.8 Å². The summed E-state index contributed by atoms with van der Waals surface area (Å²) < 4.78 is 31.9. The topological polar surface area (TPSA) is 105 Å². The number of amidine groups is 1. The van der Waals surface area contributed by atoms with Crippen molar-refractivity contribution in [3.8, 4) is 5.75 Å². The number of carbonyl (C=O) groups is 1. The molecule has 0 aliphatic carbocycles. The highest BCUT2D eigenvalue weighted by atomic mass is 32.2. The van der Waals surface area contributed by atoms with E-state index in [1.54, 1.807) is 48.2 Å². The van der Waals surface area contributed by atoms with Gasteiger partial charge in [-0.3, -0.25) is 9.79 Å². The first-order valence-corrected chi connectivity index (χ1v) is 14.3. The lowest BCUT2D eigenvalue weighted by atomic mass is 9.98. The Morgan fingerprint density at radius 1 is 1.03 bits per heavy atom. The summed E-state index contributed by atoms with van der Waals surface area (Å²) in [6, 6.07) is 23.0. The van der Waals surface area contributed by atoms with Gasteiger partial charge in [0.15, 0.2) is 15.0 Å². The summed E-state index contributed by atoms with van der Waals surface area (Å²) in [5.41, 5.74) is 2.64. The van der Waals surface area contributed by atoms with Crippen molar-refractivity contribution >= 4 is 38.4 Å². The fourth-order valence-corrected chi connectivity index (χ4v) is 6.25. The number of hydrogen-bond acceptors (Lipinski definition) is 7. The van der Waals surface area contributed by atoms with Gasteiger partial charge in [0.2, 0.25) is 0 Å². The Morgan fingerprint density at radius 3 is 2.39 bits per heavy atom. The van der Waals surface area contributed by atoms with Gasteiger partial charge in [0.1, 0.15) is 12.4 Å². The molecule has 1 aliphatic heterocycles. The Bertz CT molecular complexity index is 1290. The molecule has 188 valence electrons. The Hall–Kier alpha value is -3.30. The average molecular weight is 525 g/mol. The number of aliphatic carboxylic acids is 1. The number of nitrogens with zero attached hydrogens (tertiary/aromatic N) is 1. The van der Waals surface area contributed by atoms with E-state index in [2.05, 4.69) is 10.3 Å². The van der Waals surface area contributed by atoms with Crippen LogP contribution in [0.2, 0.25) is 0 Å². The quantitative estimate of drug-likeness (QED) is 0.375. The molecule has 0 radical (unpaired) electrons. The van der Waals surface area contributed by atoms with Crippen LogP contribution in [0.3, 0.4) is 0 Å². The molecule has 9 heteroatoms. The lowest BCUT2D eigenvalue weighted by molar-refractivity contribution is -0.137. The second kappa shape index (κ2) is 12.1. The van der Waals surface area contributed by atoms with Gasteiger partial charge in [-0.05, 0) is 53.9 Å². The third kappa shape index (κ3) is 7.35. The molecular formula is C27H28N2O5S2. The zero-order valence-electron chi connectivity index (χ0n) is 19.7. The third-order valence-electron chi connectivity index (χ3n) is 5.70. The second-order valence-corrected chi connectivity index (χ2v) is 11.6. The van der Waals surface area contributed by atoms with Gasteiger partial charge in [0.25, 0.3) is 0 Å². The van der Waals surface area contributed by atoms with Crippen molar-refractivity contribution < 1.29 is 23.1 Å². The van der Waals surface area contributed by atoms with E-state index in [1.807, 2.05) is 30.3 Å². The van der Waals surface area contributed by atoms with Gasteiger partial charge in [-0.2, -0.15) is 0 Å². The van der Waals surface area contributed by atoms with Gasteiger partial charge in [-0.25, -0.2) is 8.42 Å². The monoisotopic (exact) mass is 524 g/mol. The van der Waals surface area contributed by atoms with Gasteiger partial charge in [0, 0.05) is 23.9 Å². The zero-order valence-corrected chi connectivity index (χ0v) is 21.3. The molecule has 1 aliphatic rings. The number of aliphatic imine (C=N–C) groups is 1. The summed E-state index contributed by atoms with van der Waals surface area (Å²) in [6.45, 7) is 1.20. The fraction of sp³-hybridized carbons (Fsp3) is 0.259. The lowest BCUT2D eigenvalue weighted by Gasteiger charge is -2.16. The van der Waals surface area contributed by atoms with E-state index in [0.29, 0.717) is 17.9 Å². The summed E-state index contributed by atoms with van der Waals surface area (Å²) in [5, 5.41) is 13.5. The van der Waals surface area contributed by atoms with Gasteiger partial charge < -0.3 is 15.2 Å². The number of thioether (sulfide) groups is 1. The number of sulfone groups is 1. The summed E-state index contributed by atoms with van der Waals surface area (Å²) in [7, 11) is -3.69. The van der Waals surface area contributed by atoms with E-state index in [0.717, 1.165) is 35.1 Å². The van der Waals surface area contributed by atoms with E-state index in [9.17, 15) is 18.3 Å². The van der Waals surface area contributed by atoms with Crippen LogP contribution in [-0.2, 0) is 21.2 Å². The van der Waals surface area contributed by atoms with E-state index in [-0.39, 0.29) is 17.1 Å². The smallest absolute Gasteiger partial charge is 0.303 e. The maximum absolute atomic E-state index is 13.0. The highest BCUT2D eigenvalue weighted by Crippen LogP contribution is 2.26. The van der Waals surface area contributed by atoms with Crippen molar-refractivity contribution in [2.45, 2.75) is 30.3 Å². The van der Waals surface area contributed by atoms with Crippen LogP contribution >= 0.6 is 11.8 Å². The Kier molecular flexibility index (Phi) is 8.66. The minimum atomic E-state index is -3.69. The standard InChI is InChI=1S/C27H28N2O5S2/c30-26(31)17-22(21-5-2-1-3-6-21)19-36(32,33)25-13-11-24(12-14-25)34-18-20-7-9-23(10-8-20)29-27-28-15-4-16-35-27/h1-3,5-14,22H,4,15-19H2,(H,28,29)(H,30,31).